The summed E-state index contributed by atoms with van der Waals surface area (Å²) < 4.78 is 7.70. The van der Waals surface area contributed by atoms with Crippen LogP contribution in [0.5, 0.6) is 0 Å². The van der Waals surface area contributed by atoms with Gasteiger partial charge in [-0.15, -0.1) is 0 Å². The monoisotopic (exact) mass is 274 g/mol. The maximum absolute atomic E-state index is 5.80. The Morgan fingerprint density at radius 2 is 2.35 bits per heavy atom. The van der Waals surface area contributed by atoms with Gasteiger partial charge in [-0.3, -0.25) is 0 Å². The molecule has 1 aliphatic rings. The summed E-state index contributed by atoms with van der Waals surface area (Å²) in [5, 5.41) is 4.36. The number of anilines is 1. The van der Waals surface area contributed by atoms with Crippen molar-refractivity contribution in [3.63, 3.8) is 0 Å². The van der Waals surface area contributed by atoms with Crippen LogP contribution in [0.15, 0.2) is 18.3 Å². The normalized spacial score (nSPS) is 19.4. The number of hydrogen-bond donors (Lipinski definition) is 0. The van der Waals surface area contributed by atoms with Gasteiger partial charge in [-0.1, -0.05) is 0 Å². The summed E-state index contributed by atoms with van der Waals surface area (Å²) in [6.07, 6.45) is 6.99. The smallest absolute Gasteiger partial charge is 0.157 e. The van der Waals surface area contributed by atoms with Crippen molar-refractivity contribution in [1.82, 2.24) is 14.6 Å². The van der Waals surface area contributed by atoms with Gasteiger partial charge in [0.05, 0.1) is 12.3 Å². The van der Waals surface area contributed by atoms with Gasteiger partial charge in [0.1, 0.15) is 5.82 Å². The van der Waals surface area contributed by atoms with Crippen LogP contribution in [0.2, 0.25) is 0 Å². The fourth-order valence-corrected chi connectivity index (χ4v) is 2.78. The molecular formula is C15H22N4O. The maximum atomic E-state index is 5.80. The highest BCUT2D eigenvalue weighted by Gasteiger charge is 2.15. The van der Waals surface area contributed by atoms with Crippen molar-refractivity contribution in [2.45, 2.75) is 38.7 Å². The zero-order chi connectivity index (χ0) is 13.9. The summed E-state index contributed by atoms with van der Waals surface area (Å²) >= 11 is 0. The molecule has 108 valence electrons. The van der Waals surface area contributed by atoms with Crippen molar-refractivity contribution >= 4 is 11.5 Å². The zero-order valence-corrected chi connectivity index (χ0v) is 12.2. The van der Waals surface area contributed by atoms with Crippen LogP contribution in [0.4, 0.5) is 5.82 Å². The Balaban J connectivity index is 1.71. The topological polar surface area (TPSA) is 42.7 Å². The molecule has 0 saturated carbocycles. The van der Waals surface area contributed by atoms with Crippen LogP contribution in [0.3, 0.4) is 0 Å². The van der Waals surface area contributed by atoms with Crippen molar-refractivity contribution in [1.29, 1.82) is 0 Å². The Bertz CT molecular complexity index is 574. The third-order valence-corrected chi connectivity index (χ3v) is 3.92. The van der Waals surface area contributed by atoms with E-state index in [9.17, 15) is 0 Å². The second-order valence-electron chi connectivity index (χ2n) is 5.56. The van der Waals surface area contributed by atoms with E-state index in [1.165, 1.54) is 19.3 Å². The molecule has 1 saturated heterocycles. The van der Waals surface area contributed by atoms with Gasteiger partial charge in [0.25, 0.3) is 0 Å². The summed E-state index contributed by atoms with van der Waals surface area (Å²) in [4.78, 5) is 6.72. The summed E-state index contributed by atoms with van der Waals surface area (Å²) in [6, 6.07) is 4.02. The number of hydrogen-bond acceptors (Lipinski definition) is 4. The van der Waals surface area contributed by atoms with Crippen LogP contribution in [0.1, 0.15) is 31.4 Å². The van der Waals surface area contributed by atoms with E-state index in [1.807, 2.05) is 17.5 Å². The first-order valence-electron chi connectivity index (χ1n) is 7.38. The van der Waals surface area contributed by atoms with Gasteiger partial charge >= 0.3 is 0 Å². The van der Waals surface area contributed by atoms with E-state index in [4.69, 9.17) is 4.74 Å². The van der Waals surface area contributed by atoms with E-state index < -0.39 is 0 Å². The Kier molecular flexibility index (Phi) is 3.87. The van der Waals surface area contributed by atoms with Gasteiger partial charge in [-0.05, 0) is 32.6 Å². The molecule has 0 spiro atoms. The second-order valence-corrected chi connectivity index (χ2v) is 5.56. The second kappa shape index (κ2) is 5.79. The van der Waals surface area contributed by atoms with Gasteiger partial charge in [0, 0.05) is 38.0 Å². The highest BCUT2D eigenvalue weighted by molar-refractivity contribution is 5.50. The molecule has 2 aromatic rings. The molecule has 5 heteroatoms. The van der Waals surface area contributed by atoms with Gasteiger partial charge in [0.2, 0.25) is 0 Å². The average molecular weight is 274 g/mol. The van der Waals surface area contributed by atoms with E-state index in [1.54, 1.807) is 6.20 Å². The third-order valence-electron chi connectivity index (χ3n) is 3.92. The lowest BCUT2D eigenvalue weighted by atomic mass is 10.1. The third kappa shape index (κ3) is 2.77. The molecule has 3 heterocycles. The van der Waals surface area contributed by atoms with Crippen LogP contribution >= 0.6 is 0 Å². The number of aromatic nitrogens is 3. The minimum absolute atomic E-state index is 0.419. The van der Waals surface area contributed by atoms with Crippen LogP contribution < -0.4 is 4.90 Å². The molecular weight excluding hydrogens is 252 g/mol. The van der Waals surface area contributed by atoms with E-state index in [0.717, 1.165) is 36.7 Å². The SMILES string of the molecule is Cc1cc(N(C)CC[C@H]2CCCCO2)n2nccc2n1. The standard InChI is InChI=1S/C15H22N4O/c1-12-11-15(19-14(17-12)6-8-16-19)18(2)9-7-13-5-3-4-10-20-13/h6,8,11,13H,3-5,7,9-10H2,1-2H3/t13-/m1/s1. The van der Waals surface area contributed by atoms with E-state index in [0.29, 0.717) is 6.10 Å². The molecule has 0 amide bonds. The predicted octanol–water partition coefficient (Wildman–Crippen LogP) is 2.43. The number of fused-ring (bicyclic) bond motifs is 1. The van der Waals surface area contributed by atoms with Crippen LogP contribution in [-0.4, -0.2) is 40.9 Å². The van der Waals surface area contributed by atoms with Gasteiger partial charge in [0.15, 0.2) is 5.65 Å². The van der Waals surface area contributed by atoms with Crippen molar-refractivity contribution in [3.8, 4) is 0 Å². The number of ether oxygens (including phenoxy) is 1. The molecule has 2 aromatic heterocycles. The van der Waals surface area contributed by atoms with E-state index >= 15 is 0 Å². The minimum atomic E-state index is 0.419. The first kappa shape index (κ1) is 13.4. The molecule has 0 aliphatic carbocycles. The van der Waals surface area contributed by atoms with Gasteiger partial charge in [-0.25, -0.2) is 4.98 Å². The van der Waals surface area contributed by atoms with E-state index in [2.05, 4.69) is 28.1 Å². The number of nitrogens with zero attached hydrogens (tertiary/aromatic N) is 4. The van der Waals surface area contributed by atoms with Crippen molar-refractivity contribution < 1.29 is 4.74 Å². The van der Waals surface area contributed by atoms with Crippen LogP contribution in [-0.2, 0) is 4.74 Å². The van der Waals surface area contributed by atoms with Crippen LogP contribution in [0, 0.1) is 6.92 Å². The van der Waals surface area contributed by atoms with Crippen molar-refractivity contribution in [3.05, 3.63) is 24.0 Å². The summed E-state index contributed by atoms with van der Waals surface area (Å²) in [5.74, 6) is 1.09. The zero-order valence-electron chi connectivity index (χ0n) is 12.2. The fourth-order valence-electron chi connectivity index (χ4n) is 2.78. The lowest BCUT2D eigenvalue weighted by molar-refractivity contribution is 0.0126. The lowest BCUT2D eigenvalue weighted by Gasteiger charge is -2.26. The highest BCUT2D eigenvalue weighted by Crippen LogP contribution is 2.19. The maximum Gasteiger partial charge on any atom is 0.157 e. The first-order chi connectivity index (χ1) is 9.74. The quantitative estimate of drug-likeness (QED) is 0.859. The predicted molar refractivity (Wildman–Crippen MR) is 79.2 cm³/mol. The van der Waals surface area contributed by atoms with E-state index in [-0.39, 0.29) is 0 Å². The highest BCUT2D eigenvalue weighted by atomic mass is 16.5. The Hall–Kier alpha value is -1.62. The summed E-state index contributed by atoms with van der Waals surface area (Å²) in [5.41, 5.74) is 1.93. The molecule has 0 N–H and O–H groups in total. The van der Waals surface area contributed by atoms with Crippen molar-refractivity contribution in [2.24, 2.45) is 0 Å². The molecule has 1 aliphatic heterocycles. The molecule has 5 nitrogen and oxygen atoms in total. The average Bonchev–Trinajstić information content (AvgIpc) is 2.93. The molecule has 1 atom stereocenters. The van der Waals surface area contributed by atoms with Gasteiger partial charge < -0.3 is 9.64 Å². The number of aryl methyl sites for hydroxylation is 1. The molecule has 3 rings (SSSR count). The molecule has 20 heavy (non-hydrogen) atoms. The Labute approximate surface area is 119 Å². The van der Waals surface area contributed by atoms with Crippen LogP contribution in [0.25, 0.3) is 5.65 Å². The molecule has 0 aromatic carbocycles. The molecule has 0 radical (unpaired) electrons. The lowest BCUT2D eigenvalue weighted by Crippen LogP contribution is -2.28. The molecule has 1 fully saturated rings. The first-order valence-corrected chi connectivity index (χ1v) is 7.38. The molecule has 0 bridgehead atoms. The summed E-state index contributed by atoms with van der Waals surface area (Å²) in [7, 11) is 2.11. The minimum Gasteiger partial charge on any atom is -0.378 e. The largest absolute Gasteiger partial charge is 0.378 e. The fraction of sp³-hybridized carbons (Fsp3) is 0.600. The number of rotatable bonds is 4. The molecule has 0 unspecified atom stereocenters. The van der Waals surface area contributed by atoms with Gasteiger partial charge in [-0.2, -0.15) is 9.61 Å². The Morgan fingerprint density at radius 1 is 1.45 bits per heavy atom. The summed E-state index contributed by atoms with van der Waals surface area (Å²) in [6.45, 7) is 3.92. The van der Waals surface area contributed by atoms with Crippen molar-refractivity contribution in [2.75, 3.05) is 25.1 Å². The Morgan fingerprint density at radius 3 is 3.15 bits per heavy atom.